The molecule has 1 aromatic carbocycles. The molecule has 1 rings (SSSR count). The summed E-state index contributed by atoms with van der Waals surface area (Å²) in [6.45, 7) is 1.82. The van der Waals surface area contributed by atoms with Gasteiger partial charge in [0, 0.05) is 16.4 Å². The number of halogens is 2. The lowest BCUT2D eigenvalue weighted by molar-refractivity contribution is 0.566. The van der Waals surface area contributed by atoms with E-state index in [9.17, 15) is 8.42 Å². The summed E-state index contributed by atoms with van der Waals surface area (Å²) in [4.78, 5) is 0. The molecule has 0 amide bonds. The molecule has 0 aliphatic rings. The van der Waals surface area contributed by atoms with Gasteiger partial charge in [-0.3, -0.25) is 0 Å². The largest absolute Gasteiger partial charge is 0.212 e. The Hall–Kier alpha value is -0.100. The van der Waals surface area contributed by atoms with Crippen molar-refractivity contribution < 1.29 is 8.42 Å². The molecule has 0 spiro atoms. The van der Waals surface area contributed by atoms with Crippen LogP contribution in [-0.4, -0.2) is 20.1 Å². The van der Waals surface area contributed by atoms with Gasteiger partial charge in [-0.15, -0.1) is 11.6 Å². The first-order valence-corrected chi connectivity index (χ1v) is 8.24. The van der Waals surface area contributed by atoms with Crippen LogP contribution >= 0.6 is 27.5 Å². The van der Waals surface area contributed by atoms with Crippen molar-refractivity contribution in [3.63, 3.8) is 0 Å². The normalized spacial score (nSPS) is 13.6. The second kappa shape index (κ2) is 6.73. The summed E-state index contributed by atoms with van der Waals surface area (Å²) < 4.78 is 26.9. The molecule has 0 aliphatic carbocycles. The summed E-state index contributed by atoms with van der Waals surface area (Å²) >= 11 is 8.82. The van der Waals surface area contributed by atoms with Crippen molar-refractivity contribution in [3.8, 4) is 0 Å². The highest BCUT2D eigenvalue weighted by molar-refractivity contribution is 9.10. The summed E-state index contributed by atoms with van der Waals surface area (Å²) in [6.07, 6.45) is 0.462. The monoisotopic (exact) mass is 339 g/mol. The molecule has 1 N–H and O–H groups in total. The smallest absolute Gasteiger partial charge is 0.212 e. The standard InChI is InChI=1S/C11H15BrClNO2S/c1-9(10-3-5-11(12)6-4-10)14-17(15,16)8-2-7-13/h3-6,9,14H,2,7-8H2,1H3. The molecule has 0 aromatic heterocycles. The van der Waals surface area contributed by atoms with Gasteiger partial charge in [-0.1, -0.05) is 28.1 Å². The van der Waals surface area contributed by atoms with Crippen LogP contribution in [0.15, 0.2) is 28.7 Å². The van der Waals surface area contributed by atoms with Gasteiger partial charge in [-0.05, 0) is 31.0 Å². The van der Waals surface area contributed by atoms with Crippen molar-refractivity contribution in [3.05, 3.63) is 34.3 Å². The molecule has 6 heteroatoms. The molecule has 0 aliphatic heterocycles. The molecule has 1 unspecified atom stereocenters. The Morgan fingerprint density at radius 2 is 1.94 bits per heavy atom. The van der Waals surface area contributed by atoms with E-state index in [2.05, 4.69) is 20.7 Å². The molecule has 0 saturated carbocycles. The molecule has 17 heavy (non-hydrogen) atoms. The zero-order chi connectivity index (χ0) is 12.9. The second-order valence-corrected chi connectivity index (χ2v) is 6.92. The molecule has 3 nitrogen and oxygen atoms in total. The number of sulfonamides is 1. The quantitative estimate of drug-likeness (QED) is 0.809. The fourth-order valence-corrected chi connectivity index (χ4v) is 3.27. The second-order valence-electron chi connectivity index (χ2n) is 3.75. The molecule has 1 atom stereocenters. The Morgan fingerprint density at radius 1 is 1.35 bits per heavy atom. The van der Waals surface area contributed by atoms with Crippen LogP contribution in [0.5, 0.6) is 0 Å². The van der Waals surface area contributed by atoms with Gasteiger partial charge in [0.05, 0.1) is 5.75 Å². The van der Waals surface area contributed by atoms with Crippen molar-refractivity contribution in [2.45, 2.75) is 19.4 Å². The molecule has 0 radical (unpaired) electrons. The number of hydrogen-bond acceptors (Lipinski definition) is 2. The SMILES string of the molecule is CC(NS(=O)(=O)CCCCl)c1ccc(Br)cc1. The summed E-state index contributed by atoms with van der Waals surface area (Å²) in [6, 6.07) is 7.32. The predicted molar refractivity (Wildman–Crippen MR) is 74.8 cm³/mol. The number of rotatable bonds is 6. The highest BCUT2D eigenvalue weighted by Gasteiger charge is 2.15. The van der Waals surface area contributed by atoms with Crippen molar-refractivity contribution in [1.82, 2.24) is 4.72 Å². The summed E-state index contributed by atoms with van der Waals surface area (Å²) in [5.41, 5.74) is 0.933. The first-order chi connectivity index (χ1) is 7.94. The van der Waals surface area contributed by atoms with Crippen LogP contribution in [0.3, 0.4) is 0 Å². The first kappa shape index (κ1) is 15.0. The molecular weight excluding hydrogens is 326 g/mol. The topological polar surface area (TPSA) is 46.2 Å². The van der Waals surface area contributed by atoms with Gasteiger partial charge in [0.2, 0.25) is 10.0 Å². The van der Waals surface area contributed by atoms with Gasteiger partial charge in [-0.2, -0.15) is 0 Å². The molecule has 1 aromatic rings. The van der Waals surface area contributed by atoms with Crippen LogP contribution in [0.1, 0.15) is 24.9 Å². The minimum Gasteiger partial charge on any atom is -0.212 e. The highest BCUT2D eigenvalue weighted by Crippen LogP contribution is 2.17. The van der Waals surface area contributed by atoms with Gasteiger partial charge in [0.15, 0.2) is 0 Å². The van der Waals surface area contributed by atoms with Gasteiger partial charge in [0.25, 0.3) is 0 Å². The first-order valence-electron chi connectivity index (χ1n) is 5.26. The maximum atomic E-state index is 11.7. The van der Waals surface area contributed by atoms with Crippen LogP contribution in [-0.2, 0) is 10.0 Å². The van der Waals surface area contributed by atoms with E-state index < -0.39 is 10.0 Å². The van der Waals surface area contributed by atoms with E-state index in [-0.39, 0.29) is 11.8 Å². The lowest BCUT2D eigenvalue weighted by Crippen LogP contribution is -2.29. The Kier molecular flexibility index (Phi) is 5.92. The van der Waals surface area contributed by atoms with Crippen LogP contribution in [0.2, 0.25) is 0 Å². The molecule has 0 fully saturated rings. The summed E-state index contributed by atoms with van der Waals surface area (Å²) in [5, 5.41) is 0. The zero-order valence-corrected chi connectivity index (χ0v) is 12.6. The van der Waals surface area contributed by atoms with Gasteiger partial charge < -0.3 is 0 Å². The molecular formula is C11H15BrClNO2S. The number of hydrogen-bond donors (Lipinski definition) is 1. The Balaban J connectivity index is 2.65. The van der Waals surface area contributed by atoms with E-state index in [1.165, 1.54) is 0 Å². The molecule has 0 saturated heterocycles. The van der Waals surface area contributed by atoms with Crippen molar-refractivity contribution in [2.75, 3.05) is 11.6 Å². The number of benzene rings is 1. The fraction of sp³-hybridized carbons (Fsp3) is 0.455. The molecule has 0 heterocycles. The van der Waals surface area contributed by atoms with Gasteiger partial charge in [-0.25, -0.2) is 13.1 Å². The van der Waals surface area contributed by atoms with E-state index in [0.29, 0.717) is 12.3 Å². The Labute approximate surface area is 116 Å². The number of alkyl halides is 1. The van der Waals surface area contributed by atoms with Crippen LogP contribution < -0.4 is 4.72 Å². The van der Waals surface area contributed by atoms with E-state index in [0.717, 1.165) is 10.0 Å². The van der Waals surface area contributed by atoms with Crippen molar-refractivity contribution in [1.29, 1.82) is 0 Å². The minimum absolute atomic E-state index is 0.0668. The van der Waals surface area contributed by atoms with Crippen LogP contribution in [0.25, 0.3) is 0 Å². The lowest BCUT2D eigenvalue weighted by Gasteiger charge is -2.14. The van der Waals surface area contributed by atoms with E-state index in [1.54, 1.807) is 0 Å². The van der Waals surface area contributed by atoms with E-state index in [1.807, 2.05) is 31.2 Å². The summed E-state index contributed by atoms with van der Waals surface area (Å²) in [5.74, 6) is 0.422. The Morgan fingerprint density at radius 3 is 2.47 bits per heavy atom. The summed E-state index contributed by atoms with van der Waals surface area (Å²) in [7, 11) is -3.25. The van der Waals surface area contributed by atoms with Crippen molar-refractivity contribution >= 4 is 37.6 Å². The third kappa shape index (κ3) is 5.38. The van der Waals surface area contributed by atoms with E-state index >= 15 is 0 Å². The van der Waals surface area contributed by atoms with Crippen LogP contribution in [0, 0.1) is 0 Å². The molecule has 96 valence electrons. The third-order valence-electron chi connectivity index (χ3n) is 2.27. The van der Waals surface area contributed by atoms with E-state index in [4.69, 9.17) is 11.6 Å². The zero-order valence-electron chi connectivity index (χ0n) is 9.49. The minimum atomic E-state index is -3.25. The highest BCUT2D eigenvalue weighted by atomic mass is 79.9. The predicted octanol–water partition coefficient (Wildman–Crippen LogP) is 3.06. The maximum absolute atomic E-state index is 11.7. The van der Waals surface area contributed by atoms with Gasteiger partial charge >= 0.3 is 0 Å². The maximum Gasteiger partial charge on any atom is 0.212 e. The fourth-order valence-electron chi connectivity index (χ4n) is 1.39. The molecule has 0 bridgehead atoms. The van der Waals surface area contributed by atoms with Gasteiger partial charge in [0.1, 0.15) is 0 Å². The lowest BCUT2D eigenvalue weighted by atomic mass is 10.1. The van der Waals surface area contributed by atoms with Crippen LogP contribution in [0.4, 0.5) is 0 Å². The average Bonchev–Trinajstić information content (AvgIpc) is 2.26. The average molecular weight is 341 g/mol. The Bertz CT molecular complexity index is 447. The number of nitrogens with one attached hydrogen (secondary N) is 1. The van der Waals surface area contributed by atoms with Crippen molar-refractivity contribution in [2.24, 2.45) is 0 Å². The third-order valence-corrected chi connectivity index (χ3v) is 4.61.